The van der Waals surface area contributed by atoms with Crippen LogP contribution in [0.2, 0.25) is 0 Å². The molecule has 0 amide bonds. The summed E-state index contributed by atoms with van der Waals surface area (Å²) < 4.78 is 28.7. The molecule has 1 heterocycles. The highest BCUT2D eigenvalue weighted by molar-refractivity contribution is 9.10. The van der Waals surface area contributed by atoms with Crippen molar-refractivity contribution >= 4 is 15.9 Å². The summed E-state index contributed by atoms with van der Waals surface area (Å²) in [5, 5.41) is 16.7. The van der Waals surface area contributed by atoms with Gasteiger partial charge in [-0.05, 0) is 35.0 Å². The molecule has 0 aliphatic carbocycles. The Morgan fingerprint density at radius 2 is 2.17 bits per heavy atom. The SMILES string of the molecule is CC(O)c1cn(Cc2c(F)ccc(Br)c2F)nn1. The third-order valence-electron chi connectivity index (χ3n) is 2.44. The van der Waals surface area contributed by atoms with Crippen molar-refractivity contribution in [1.82, 2.24) is 15.0 Å². The fourth-order valence-electron chi connectivity index (χ4n) is 1.46. The normalized spacial score (nSPS) is 12.7. The second kappa shape index (κ2) is 5.11. The predicted octanol–water partition coefficient (Wildman–Crippen LogP) is 2.42. The van der Waals surface area contributed by atoms with Gasteiger partial charge >= 0.3 is 0 Å². The zero-order chi connectivity index (χ0) is 13.3. The van der Waals surface area contributed by atoms with Gasteiger partial charge in [-0.1, -0.05) is 5.21 Å². The van der Waals surface area contributed by atoms with Gasteiger partial charge in [-0.2, -0.15) is 0 Å². The maximum atomic E-state index is 13.7. The predicted molar refractivity (Wildman–Crippen MR) is 63.8 cm³/mol. The van der Waals surface area contributed by atoms with Crippen LogP contribution in [-0.2, 0) is 6.54 Å². The molecule has 0 bridgehead atoms. The standard InChI is InChI=1S/C11H10BrF2N3O/c1-6(18)10-5-17(16-15-10)4-7-9(13)3-2-8(12)11(7)14/h2-3,5-6,18H,4H2,1H3. The zero-order valence-electron chi connectivity index (χ0n) is 9.44. The molecule has 0 saturated heterocycles. The average molecular weight is 318 g/mol. The van der Waals surface area contributed by atoms with E-state index >= 15 is 0 Å². The highest BCUT2D eigenvalue weighted by Gasteiger charge is 2.14. The van der Waals surface area contributed by atoms with Crippen molar-refractivity contribution < 1.29 is 13.9 Å². The lowest BCUT2D eigenvalue weighted by Crippen LogP contribution is -2.06. The molecule has 1 aromatic heterocycles. The molecule has 0 aliphatic heterocycles. The van der Waals surface area contributed by atoms with Crippen molar-refractivity contribution in [1.29, 1.82) is 0 Å². The third-order valence-corrected chi connectivity index (χ3v) is 3.06. The van der Waals surface area contributed by atoms with Gasteiger partial charge in [0.25, 0.3) is 0 Å². The Hall–Kier alpha value is -1.34. The van der Waals surface area contributed by atoms with Gasteiger partial charge in [0.05, 0.1) is 23.3 Å². The molecule has 1 aromatic carbocycles. The molecule has 0 radical (unpaired) electrons. The van der Waals surface area contributed by atoms with Crippen LogP contribution in [0.5, 0.6) is 0 Å². The van der Waals surface area contributed by atoms with Gasteiger partial charge < -0.3 is 5.11 Å². The molecule has 0 fully saturated rings. The van der Waals surface area contributed by atoms with Crippen molar-refractivity contribution in [3.63, 3.8) is 0 Å². The Morgan fingerprint density at radius 3 is 2.78 bits per heavy atom. The molecule has 1 unspecified atom stereocenters. The number of benzene rings is 1. The van der Waals surface area contributed by atoms with Crippen LogP contribution in [-0.4, -0.2) is 20.1 Å². The Labute approximate surface area is 110 Å². The first kappa shape index (κ1) is 13.1. The lowest BCUT2D eigenvalue weighted by molar-refractivity contribution is 0.194. The molecular weight excluding hydrogens is 308 g/mol. The van der Waals surface area contributed by atoms with Crippen molar-refractivity contribution in [3.05, 3.63) is 45.7 Å². The van der Waals surface area contributed by atoms with Gasteiger partial charge in [0.15, 0.2) is 0 Å². The van der Waals surface area contributed by atoms with Gasteiger partial charge in [0, 0.05) is 5.56 Å². The van der Waals surface area contributed by atoms with Crippen molar-refractivity contribution in [3.8, 4) is 0 Å². The summed E-state index contributed by atoms with van der Waals surface area (Å²) in [6.07, 6.45) is 0.681. The van der Waals surface area contributed by atoms with Gasteiger partial charge in [-0.25, -0.2) is 13.5 Å². The first-order valence-electron chi connectivity index (χ1n) is 5.19. The van der Waals surface area contributed by atoms with E-state index in [1.807, 2.05) is 0 Å². The quantitative estimate of drug-likeness (QED) is 0.884. The lowest BCUT2D eigenvalue weighted by Gasteiger charge is -2.06. The highest BCUT2D eigenvalue weighted by atomic mass is 79.9. The number of hydrogen-bond acceptors (Lipinski definition) is 3. The molecule has 4 nitrogen and oxygen atoms in total. The summed E-state index contributed by atoms with van der Waals surface area (Å²) in [6.45, 7) is 1.45. The number of rotatable bonds is 3. The van der Waals surface area contributed by atoms with E-state index < -0.39 is 17.7 Å². The van der Waals surface area contributed by atoms with Crippen LogP contribution in [0, 0.1) is 11.6 Å². The van der Waals surface area contributed by atoms with Crippen LogP contribution in [0.25, 0.3) is 0 Å². The fraction of sp³-hybridized carbons (Fsp3) is 0.273. The summed E-state index contributed by atoms with van der Waals surface area (Å²) in [5.41, 5.74) is 0.247. The monoisotopic (exact) mass is 317 g/mol. The van der Waals surface area contributed by atoms with Crippen molar-refractivity contribution in [2.45, 2.75) is 19.6 Å². The maximum absolute atomic E-state index is 13.7. The lowest BCUT2D eigenvalue weighted by atomic mass is 10.2. The maximum Gasteiger partial charge on any atom is 0.145 e. The minimum absolute atomic E-state index is 0.0865. The molecule has 18 heavy (non-hydrogen) atoms. The van der Waals surface area contributed by atoms with Crippen LogP contribution in [0.4, 0.5) is 8.78 Å². The van der Waals surface area contributed by atoms with Crippen LogP contribution in [0.15, 0.2) is 22.8 Å². The summed E-state index contributed by atoms with van der Waals surface area (Å²) >= 11 is 3.00. The van der Waals surface area contributed by atoms with E-state index in [2.05, 4.69) is 26.2 Å². The second-order valence-corrected chi connectivity index (χ2v) is 4.69. The van der Waals surface area contributed by atoms with E-state index in [9.17, 15) is 13.9 Å². The first-order chi connectivity index (χ1) is 8.49. The van der Waals surface area contributed by atoms with E-state index in [0.29, 0.717) is 5.69 Å². The molecular formula is C11H10BrF2N3O. The minimum Gasteiger partial charge on any atom is -0.387 e. The van der Waals surface area contributed by atoms with E-state index in [4.69, 9.17) is 0 Å². The molecule has 2 aromatic rings. The zero-order valence-corrected chi connectivity index (χ0v) is 11.0. The van der Waals surface area contributed by atoms with Gasteiger partial charge in [-0.15, -0.1) is 5.10 Å². The molecule has 0 saturated carbocycles. The van der Waals surface area contributed by atoms with E-state index in [1.54, 1.807) is 0 Å². The first-order valence-corrected chi connectivity index (χ1v) is 5.99. The second-order valence-electron chi connectivity index (χ2n) is 3.84. The van der Waals surface area contributed by atoms with Crippen molar-refractivity contribution in [2.24, 2.45) is 0 Å². The summed E-state index contributed by atoms with van der Waals surface area (Å²) in [7, 11) is 0. The fourth-order valence-corrected chi connectivity index (χ4v) is 1.83. The van der Waals surface area contributed by atoms with Crippen molar-refractivity contribution in [2.75, 3.05) is 0 Å². The van der Waals surface area contributed by atoms with E-state index in [1.165, 1.54) is 29.9 Å². The van der Waals surface area contributed by atoms with E-state index in [0.717, 1.165) is 0 Å². The van der Waals surface area contributed by atoms with Gasteiger partial charge in [0.1, 0.15) is 17.3 Å². The van der Waals surface area contributed by atoms with Gasteiger partial charge in [0.2, 0.25) is 0 Å². The van der Waals surface area contributed by atoms with Crippen LogP contribution in [0.1, 0.15) is 24.3 Å². The van der Waals surface area contributed by atoms with Crippen LogP contribution in [0.3, 0.4) is 0 Å². The minimum atomic E-state index is -0.768. The molecule has 7 heteroatoms. The number of nitrogens with zero attached hydrogens (tertiary/aromatic N) is 3. The summed E-state index contributed by atoms with van der Waals surface area (Å²) in [6, 6.07) is 2.48. The van der Waals surface area contributed by atoms with Gasteiger partial charge in [-0.3, -0.25) is 0 Å². The third kappa shape index (κ3) is 2.56. The topological polar surface area (TPSA) is 50.9 Å². The molecule has 96 valence electrons. The molecule has 1 N–H and O–H groups in total. The Kier molecular flexibility index (Phi) is 3.72. The van der Waals surface area contributed by atoms with E-state index in [-0.39, 0.29) is 16.6 Å². The number of hydrogen-bond donors (Lipinski definition) is 1. The van der Waals surface area contributed by atoms with Crippen LogP contribution < -0.4 is 0 Å². The largest absolute Gasteiger partial charge is 0.387 e. The highest BCUT2D eigenvalue weighted by Crippen LogP contribution is 2.22. The number of aliphatic hydroxyl groups excluding tert-OH is 1. The number of halogens is 3. The Balaban J connectivity index is 2.31. The van der Waals surface area contributed by atoms with Crippen LogP contribution >= 0.6 is 15.9 Å². The average Bonchev–Trinajstić information content (AvgIpc) is 2.78. The smallest absolute Gasteiger partial charge is 0.145 e. The number of aromatic nitrogens is 3. The Bertz CT molecular complexity index is 571. The molecule has 0 spiro atoms. The molecule has 1 atom stereocenters. The molecule has 2 rings (SSSR count). The Morgan fingerprint density at radius 1 is 1.44 bits per heavy atom. The summed E-state index contributed by atoms with van der Waals surface area (Å²) in [5.74, 6) is -1.31. The number of aliphatic hydroxyl groups is 1. The molecule has 0 aliphatic rings. The summed E-state index contributed by atoms with van der Waals surface area (Å²) in [4.78, 5) is 0.